The SMILES string of the molecule is CCCCC/C=C\C/C=C\CCCCCCCCC(O)C(=O)NC(CS(=O)(=O)O)C(O)/C=C/CC/C=C/CCCCCCCCCCCCCC. The van der Waals surface area contributed by atoms with Crippen LogP contribution in [0.25, 0.3) is 0 Å². The number of aliphatic hydroxyl groups is 2. The zero-order valence-corrected chi connectivity index (χ0v) is 33.6. The summed E-state index contributed by atoms with van der Waals surface area (Å²) in [4.78, 5) is 12.6. The van der Waals surface area contributed by atoms with Gasteiger partial charge in [-0.2, -0.15) is 8.42 Å². The van der Waals surface area contributed by atoms with Crippen molar-refractivity contribution in [2.75, 3.05) is 5.75 Å². The van der Waals surface area contributed by atoms with E-state index in [-0.39, 0.29) is 6.42 Å². The Bertz CT molecular complexity index is 1010. The number of carbonyl (C=O) groups is 1. The molecular weight excluding hydrogens is 659 g/mol. The molecule has 3 unspecified atom stereocenters. The van der Waals surface area contributed by atoms with E-state index in [0.29, 0.717) is 12.8 Å². The molecule has 51 heavy (non-hydrogen) atoms. The zero-order valence-electron chi connectivity index (χ0n) is 32.8. The van der Waals surface area contributed by atoms with E-state index >= 15 is 0 Å². The van der Waals surface area contributed by atoms with E-state index in [0.717, 1.165) is 57.8 Å². The molecule has 1 amide bonds. The molecule has 0 radical (unpaired) electrons. The number of amides is 1. The van der Waals surface area contributed by atoms with Crippen molar-refractivity contribution in [3.63, 3.8) is 0 Å². The molecule has 0 aromatic carbocycles. The molecule has 7 nitrogen and oxygen atoms in total. The Kier molecular flexibility index (Phi) is 35.4. The fraction of sp³-hybridized carbons (Fsp3) is 0.791. The molecule has 0 aromatic heterocycles. The Hall–Kier alpha value is -1.74. The van der Waals surface area contributed by atoms with Gasteiger partial charge in [-0.15, -0.1) is 0 Å². The number of rotatable bonds is 37. The van der Waals surface area contributed by atoms with Crippen LogP contribution >= 0.6 is 0 Å². The van der Waals surface area contributed by atoms with Gasteiger partial charge in [0, 0.05) is 0 Å². The van der Waals surface area contributed by atoms with Crippen LogP contribution in [0.1, 0.15) is 194 Å². The van der Waals surface area contributed by atoms with Gasteiger partial charge in [0.15, 0.2) is 0 Å². The second-order valence-electron chi connectivity index (χ2n) is 14.4. The third-order valence-electron chi connectivity index (χ3n) is 9.34. The number of nitrogens with one attached hydrogen (secondary N) is 1. The lowest BCUT2D eigenvalue weighted by Crippen LogP contribution is -2.50. The molecule has 4 N–H and O–H groups in total. The number of unbranched alkanes of at least 4 members (excludes halogenated alkanes) is 22. The first-order valence-electron chi connectivity index (χ1n) is 20.9. The van der Waals surface area contributed by atoms with Crippen LogP contribution < -0.4 is 5.32 Å². The summed E-state index contributed by atoms with van der Waals surface area (Å²) in [5.41, 5.74) is 0. The molecule has 0 rings (SSSR count). The van der Waals surface area contributed by atoms with Gasteiger partial charge in [-0.25, -0.2) is 0 Å². The number of hydrogen-bond donors (Lipinski definition) is 4. The fourth-order valence-corrected chi connectivity index (χ4v) is 6.82. The Morgan fingerprint density at radius 2 is 0.941 bits per heavy atom. The van der Waals surface area contributed by atoms with Gasteiger partial charge in [-0.3, -0.25) is 9.35 Å². The lowest BCUT2D eigenvalue weighted by Gasteiger charge is -2.22. The molecule has 0 aromatic rings. The first kappa shape index (κ1) is 49.3. The molecule has 0 aliphatic heterocycles. The molecule has 0 saturated heterocycles. The van der Waals surface area contributed by atoms with Gasteiger partial charge in [-0.1, -0.05) is 178 Å². The molecule has 0 aliphatic carbocycles. The van der Waals surface area contributed by atoms with Crippen molar-refractivity contribution in [2.24, 2.45) is 0 Å². The molecule has 0 fully saturated rings. The molecule has 0 spiro atoms. The van der Waals surface area contributed by atoms with Gasteiger partial charge in [0.1, 0.15) is 6.10 Å². The molecular formula is C43H79NO6S. The van der Waals surface area contributed by atoms with Gasteiger partial charge in [0.05, 0.1) is 17.9 Å². The lowest BCUT2D eigenvalue weighted by atomic mass is 10.0. The van der Waals surface area contributed by atoms with Crippen molar-refractivity contribution in [2.45, 2.75) is 212 Å². The van der Waals surface area contributed by atoms with E-state index in [1.807, 2.05) is 0 Å². The minimum atomic E-state index is -4.46. The average Bonchev–Trinajstić information content (AvgIpc) is 3.09. The Morgan fingerprint density at radius 3 is 1.45 bits per heavy atom. The molecule has 0 saturated carbocycles. The van der Waals surface area contributed by atoms with Crippen molar-refractivity contribution in [1.29, 1.82) is 0 Å². The van der Waals surface area contributed by atoms with Gasteiger partial charge < -0.3 is 15.5 Å². The van der Waals surface area contributed by atoms with Gasteiger partial charge >= 0.3 is 0 Å². The minimum absolute atomic E-state index is 0.261. The zero-order chi connectivity index (χ0) is 37.7. The molecule has 0 bridgehead atoms. The number of allylic oxidation sites excluding steroid dienone is 7. The fourth-order valence-electron chi connectivity index (χ4n) is 6.09. The normalized spacial score (nSPS) is 14.4. The Labute approximate surface area is 314 Å². The lowest BCUT2D eigenvalue weighted by molar-refractivity contribution is -0.130. The first-order chi connectivity index (χ1) is 24.7. The standard InChI is InChI=1S/C43H79NO6S/c1-3-5-7-9-11-13-15-17-19-21-22-24-25-27-29-31-33-35-37-41(45)40(39-51(48,49)50)44-43(47)42(46)38-36-34-32-30-28-26-23-20-18-16-14-12-10-8-6-4-2/h12,14,18,20,27,29,35,37,40-42,45-46H,3-11,13,15-17,19,21-26,28,30-34,36,38-39H2,1-2H3,(H,44,47)(H,48,49,50)/b14-12-,20-18-,29-27+,37-35+. The Balaban J connectivity index is 4.11. The highest BCUT2D eigenvalue weighted by atomic mass is 32.2. The number of hydrogen-bond acceptors (Lipinski definition) is 5. The van der Waals surface area contributed by atoms with Crippen molar-refractivity contribution in [3.05, 3.63) is 48.6 Å². The van der Waals surface area contributed by atoms with E-state index in [1.165, 1.54) is 109 Å². The quantitative estimate of drug-likeness (QED) is 0.0286. The monoisotopic (exact) mass is 738 g/mol. The summed E-state index contributed by atoms with van der Waals surface area (Å²) in [5.74, 6) is -1.57. The summed E-state index contributed by atoms with van der Waals surface area (Å²) >= 11 is 0. The average molecular weight is 738 g/mol. The van der Waals surface area contributed by atoms with E-state index in [1.54, 1.807) is 6.08 Å². The first-order valence-corrected chi connectivity index (χ1v) is 22.6. The maximum Gasteiger partial charge on any atom is 0.267 e. The van der Waals surface area contributed by atoms with Crippen LogP contribution in [0.4, 0.5) is 0 Å². The Morgan fingerprint density at radius 1 is 0.549 bits per heavy atom. The number of aliphatic hydroxyl groups excluding tert-OH is 2. The third-order valence-corrected chi connectivity index (χ3v) is 10.1. The summed E-state index contributed by atoms with van der Waals surface area (Å²) in [5, 5.41) is 23.4. The summed E-state index contributed by atoms with van der Waals surface area (Å²) in [6, 6.07) is -1.25. The van der Waals surface area contributed by atoms with Crippen LogP contribution in [0.5, 0.6) is 0 Å². The smallest absolute Gasteiger partial charge is 0.267 e. The predicted octanol–water partition coefficient (Wildman–Crippen LogP) is 11.3. The highest BCUT2D eigenvalue weighted by Crippen LogP contribution is 2.14. The maximum atomic E-state index is 12.6. The van der Waals surface area contributed by atoms with Crippen molar-refractivity contribution < 1.29 is 28.0 Å². The summed E-state index contributed by atoms with van der Waals surface area (Å²) in [6.07, 6.45) is 45.9. The van der Waals surface area contributed by atoms with Gasteiger partial charge in [0.2, 0.25) is 5.91 Å². The largest absolute Gasteiger partial charge is 0.387 e. The highest BCUT2D eigenvalue weighted by Gasteiger charge is 2.27. The van der Waals surface area contributed by atoms with Crippen LogP contribution in [0.15, 0.2) is 48.6 Å². The summed E-state index contributed by atoms with van der Waals surface area (Å²) in [7, 11) is -4.46. The minimum Gasteiger partial charge on any atom is -0.387 e. The van der Waals surface area contributed by atoms with Crippen molar-refractivity contribution in [3.8, 4) is 0 Å². The van der Waals surface area contributed by atoms with E-state index < -0.39 is 40.0 Å². The van der Waals surface area contributed by atoms with Crippen LogP contribution in [-0.2, 0) is 14.9 Å². The van der Waals surface area contributed by atoms with Gasteiger partial charge in [0.25, 0.3) is 10.1 Å². The van der Waals surface area contributed by atoms with Crippen LogP contribution in [-0.4, -0.2) is 53.1 Å². The van der Waals surface area contributed by atoms with Crippen LogP contribution in [0, 0.1) is 0 Å². The van der Waals surface area contributed by atoms with E-state index in [4.69, 9.17) is 0 Å². The summed E-state index contributed by atoms with van der Waals surface area (Å²) < 4.78 is 32.5. The molecule has 3 atom stereocenters. The van der Waals surface area contributed by atoms with Gasteiger partial charge in [-0.05, 0) is 64.2 Å². The van der Waals surface area contributed by atoms with Crippen molar-refractivity contribution in [1.82, 2.24) is 5.32 Å². The van der Waals surface area contributed by atoms with E-state index in [2.05, 4.69) is 55.6 Å². The molecule has 0 heterocycles. The molecule has 8 heteroatoms. The molecule has 298 valence electrons. The second-order valence-corrected chi connectivity index (χ2v) is 15.9. The predicted molar refractivity (Wildman–Crippen MR) is 218 cm³/mol. The second kappa shape index (κ2) is 36.6. The van der Waals surface area contributed by atoms with Crippen LogP contribution in [0.3, 0.4) is 0 Å². The highest BCUT2D eigenvalue weighted by molar-refractivity contribution is 7.85. The topological polar surface area (TPSA) is 124 Å². The van der Waals surface area contributed by atoms with Crippen molar-refractivity contribution >= 4 is 16.0 Å². The van der Waals surface area contributed by atoms with E-state index in [9.17, 15) is 28.0 Å². The summed E-state index contributed by atoms with van der Waals surface area (Å²) in [6.45, 7) is 4.48. The van der Waals surface area contributed by atoms with Crippen LogP contribution in [0.2, 0.25) is 0 Å². The third kappa shape index (κ3) is 36.4. The number of carbonyl (C=O) groups excluding carboxylic acids is 1. The molecule has 0 aliphatic rings. The maximum absolute atomic E-state index is 12.6.